The molecule has 16 heavy (non-hydrogen) atoms. The molecule has 1 amide bonds. The maximum atomic E-state index is 11.7. The third-order valence-electron chi connectivity index (χ3n) is 2.16. The quantitative estimate of drug-likeness (QED) is 0.923. The van der Waals surface area contributed by atoms with E-state index >= 15 is 0 Å². The molecule has 1 heterocycles. The molecule has 0 saturated carbocycles. The Bertz CT molecular complexity index is 343. The molecular formula is C10H16Cl2N2OS. The van der Waals surface area contributed by atoms with E-state index in [0.717, 1.165) is 9.21 Å². The zero-order chi connectivity index (χ0) is 11.4. The second-order valence-electron chi connectivity index (χ2n) is 3.41. The first-order valence-corrected chi connectivity index (χ1v) is 5.98. The lowest BCUT2D eigenvalue weighted by atomic mass is 10.2. The maximum absolute atomic E-state index is 11.7. The van der Waals surface area contributed by atoms with Gasteiger partial charge in [-0.15, -0.1) is 23.7 Å². The van der Waals surface area contributed by atoms with Crippen LogP contribution in [0, 0.1) is 0 Å². The monoisotopic (exact) mass is 282 g/mol. The standard InChI is InChI=1S/C10H15ClN2OS.ClH/c1-3-8(12)10(14)13(2)6-7-4-5-9(11)15-7;/h4-5,8H,3,6,12H2,1-2H3;1H/t8-;/m0./s1. The molecule has 1 aromatic heterocycles. The van der Waals surface area contributed by atoms with Crippen molar-refractivity contribution in [1.82, 2.24) is 4.90 Å². The van der Waals surface area contributed by atoms with Crippen molar-refractivity contribution in [1.29, 1.82) is 0 Å². The van der Waals surface area contributed by atoms with Crippen molar-refractivity contribution < 1.29 is 4.79 Å². The topological polar surface area (TPSA) is 46.3 Å². The zero-order valence-electron chi connectivity index (χ0n) is 9.27. The number of halogens is 2. The van der Waals surface area contributed by atoms with Crippen LogP contribution < -0.4 is 5.73 Å². The Morgan fingerprint density at radius 3 is 2.69 bits per heavy atom. The summed E-state index contributed by atoms with van der Waals surface area (Å²) < 4.78 is 0.741. The highest BCUT2D eigenvalue weighted by atomic mass is 35.5. The summed E-state index contributed by atoms with van der Waals surface area (Å²) in [5.74, 6) is -0.0259. The van der Waals surface area contributed by atoms with Crippen molar-refractivity contribution in [2.24, 2.45) is 5.73 Å². The number of amides is 1. The Morgan fingerprint density at radius 2 is 2.25 bits per heavy atom. The minimum Gasteiger partial charge on any atom is -0.339 e. The second-order valence-corrected chi connectivity index (χ2v) is 5.21. The second kappa shape index (κ2) is 7.12. The first kappa shape index (κ1) is 15.7. The molecule has 0 aliphatic heterocycles. The fourth-order valence-corrected chi connectivity index (χ4v) is 2.35. The summed E-state index contributed by atoms with van der Waals surface area (Å²) in [6.45, 7) is 2.47. The number of carbonyl (C=O) groups excluding carboxylic acids is 1. The van der Waals surface area contributed by atoms with E-state index in [1.807, 2.05) is 19.1 Å². The van der Waals surface area contributed by atoms with Gasteiger partial charge in [0.2, 0.25) is 5.91 Å². The molecule has 0 aliphatic carbocycles. The average Bonchev–Trinajstić information content (AvgIpc) is 2.61. The molecule has 0 radical (unpaired) electrons. The van der Waals surface area contributed by atoms with Gasteiger partial charge in [-0.05, 0) is 18.6 Å². The van der Waals surface area contributed by atoms with Gasteiger partial charge in [-0.3, -0.25) is 4.79 Å². The molecule has 0 saturated heterocycles. The van der Waals surface area contributed by atoms with Gasteiger partial charge in [-0.1, -0.05) is 18.5 Å². The fraction of sp³-hybridized carbons (Fsp3) is 0.500. The van der Waals surface area contributed by atoms with Crippen LogP contribution >= 0.6 is 35.3 Å². The van der Waals surface area contributed by atoms with Crippen molar-refractivity contribution in [3.63, 3.8) is 0 Å². The summed E-state index contributed by atoms with van der Waals surface area (Å²) in [6, 6.07) is 3.36. The van der Waals surface area contributed by atoms with E-state index in [2.05, 4.69) is 0 Å². The molecule has 6 heteroatoms. The molecule has 1 rings (SSSR count). The van der Waals surface area contributed by atoms with Crippen LogP contribution in [0.5, 0.6) is 0 Å². The predicted octanol–water partition coefficient (Wildman–Crippen LogP) is 2.52. The molecule has 0 bridgehead atoms. The number of rotatable bonds is 4. The average molecular weight is 283 g/mol. The van der Waals surface area contributed by atoms with Crippen LogP contribution in [0.1, 0.15) is 18.2 Å². The largest absolute Gasteiger partial charge is 0.339 e. The van der Waals surface area contributed by atoms with Crippen LogP contribution in [0.3, 0.4) is 0 Å². The number of thiophene rings is 1. The maximum Gasteiger partial charge on any atom is 0.239 e. The van der Waals surface area contributed by atoms with Crippen molar-refractivity contribution in [2.75, 3.05) is 7.05 Å². The van der Waals surface area contributed by atoms with Crippen LogP contribution in [-0.4, -0.2) is 23.9 Å². The van der Waals surface area contributed by atoms with Crippen LogP contribution in [0.2, 0.25) is 4.34 Å². The van der Waals surface area contributed by atoms with E-state index in [0.29, 0.717) is 13.0 Å². The van der Waals surface area contributed by atoms with Gasteiger partial charge in [0.05, 0.1) is 16.9 Å². The van der Waals surface area contributed by atoms with Crippen molar-refractivity contribution in [3.05, 3.63) is 21.3 Å². The Hall–Kier alpha value is -0.290. The number of carbonyl (C=O) groups is 1. The van der Waals surface area contributed by atoms with Gasteiger partial charge in [0, 0.05) is 11.9 Å². The SMILES string of the molecule is CC[C@H](N)C(=O)N(C)Cc1ccc(Cl)s1.Cl. The van der Waals surface area contributed by atoms with Gasteiger partial charge in [-0.25, -0.2) is 0 Å². The van der Waals surface area contributed by atoms with Crippen LogP contribution in [0.25, 0.3) is 0 Å². The summed E-state index contributed by atoms with van der Waals surface area (Å²) in [5.41, 5.74) is 5.66. The lowest BCUT2D eigenvalue weighted by Gasteiger charge is -2.19. The molecular weight excluding hydrogens is 267 g/mol. The van der Waals surface area contributed by atoms with Gasteiger partial charge in [0.25, 0.3) is 0 Å². The zero-order valence-corrected chi connectivity index (χ0v) is 11.7. The predicted molar refractivity (Wildman–Crippen MR) is 71.3 cm³/mol. The third kappa shape index (κ3) is 4.29. The Kier molecular flexibility index (Phi) is 6.99. The van der Waals surface area contributed by atoms with Crippen molar-refractivity contribution in [2.45, 2.75) is 25.9 Å². The minimum atomic E-state index is -0.398. The van der Waals surface area contributed by atoms with E-state index in [9.17, 15) is 4.79 Å². The van der Waals surface area contributed by atoms with E-state index in [1.54, 1.807) is 11.9 Å². The van der Waals surface area contributed by atoms with E-state index in [-0.39, 0.29) is 18.3 Å². The van der Waals surface area contributed by atoms with Gasteiger partial charge in [0.1, 0.15) is 0 Å². The Balaban J connectivity index is 0.00000225. The number of nitrogens with zero attached hydrogens (tertiary/aromatic N) is 1. The molecule has 0 unspecified atom stereocenters. The van der Waals surface area contributed by atoms with Crippen molar-refractivity contribution in [3.8, 4) is 0 Å². The van der Waals surface area contributed by atoms with Gasteiger partial charge < -0.3 is 10.6 Å². The summed E-state index contributed by atoms with van der Waals surface area (Å²) in [7, 11) is 1.76. The molecule has 0 fully saturated rings. The molecule has 3 nitrogen and oxygen atoms in total. The number of likely N-dealkylation sites (N-methyl/N-ethyl adjacent to an activating group) is 1. The molecule has 0 aliphatic rings. The highest BCUT2D eigenvalue weighted by Gasteiger charge is 2.16. The fourth-order valence-electron chi connectivity index (χ4n) is 1.21. The molecule has 92 valence electrons. The summed E-state index contributed by atoms with van der Waals surface area (Å²) >= 11 is 7.29. The lowest BCUT2D eigenvalue weighted by Crippen LogP contribution is -2.40. The van der Waals surface area contributed by atoms with Crippen LogP contribution in [0.15, 0.2) is 12.1 Å². The Labute approximate surface area is 111 Å². The number of nitrogens with two attached hydrogens (primary N) is 1. The Morgan fingerprint density at radius 1 is 1.62 bits per heavy atom. The van der Waals surface area contributed by atoms with Gasteiger partial charge >= 0.3 is 0 Å². The summed E-state index contributed by atoms with van der Waals surface area (Å²) in [5, 5.41) is 0. The van der Waals surface area contributed by atoms with E-state index in [1.165, 1.54) is 11.3 Å². The smallest absolute Gasteiger partial charge is 0.239 e. The molecule has 1 aromatic rings. The number of hydrogen-bond acceptors (Lipinski definition) is 3. The van der Waals surface area contributed by atoms with Gasteiger partial charge in [0.15, 0.2) is 0 Å². The highest BCUT2D eigenvalue weighted by Crippen LogP contribution is 2.22. The molecule has 1 atom stereocenters. The number of hydrogen-bond donors (Lipinski definition) is 1. The molecule has 2 N–H and O–H groups in total. The third-order valence-corrected chi connectivity index (χ3v) is 3.37. The van der Waals surface area contributed by atoms with Crippen molar-refractivity contribution >= 4 is 41.3 Å². The molecule has 0 spiro atoms. The highest BCUT2D eigenvalue weighted by molar-refractivity contribution is 7.16. The summed E-state index contributed by atoms with van der Waals surface area (Å²) in [4.78, 5) is 14.4. The van der Waals surface area contributed by atoms with Crippen LogP contribution in [-0.2, 0) is 11.3 Å². The summed E-state index contributed by atoms with van der Waals surface area (Å²) in [6.07, 6.45) is 0.661. The first-order valence-electron chi connectivity index (χ1n) is 4.79. The van der Waals surface area contributed by atoms with E-state index in [4.69, 9.17) is 17.3 Å². The van der Waals surface area contributed by atoms with E-state index < -0.39 is 6.04 Å². The normalized spacial score (nSPS) is 11.8. The first-order chi connectivity index (χ1) is 7.04. The van der Waals surface area contributed by atoms with Crippen LogP contribution in [0.4, 0.5) is 0 Å². The lowest BCUT2D eigenvalue weighted by molar-refractivity contribution is -0.131. The minimum absolute atomic E-state index is 0. The molecule has 0 aromatic carbocycles. The van der Waals surface area contributed by atoms with Gasteiger partial charge in [-0.2, -0.15) is 0 Å².